The van der Waals surface area contributed by atoms with E-state index in [9.17, 15) is 0 Å². The van der Waals surface area contributed by atoms with Gasteiger partial charge in [-0.05, 0) is 52.4 Å². The molecule has 0 bridgehead atoms. The zero-order valence-corrected chi connectivity index (χ0v) is 14.1. The summed E-state index contributed by atoms with van der Waals surface area (Å²) >= 11 is 5.70. The molecule has 3 nitrogen and oxygen atoms in total. The van der Waals surface area contributed by atoms with E-state index < -0.39 is 0 Å². The predicted octanol–water partition coefficient (Wildman–Crippen LogP) is 4.96. The fourth-order valence-electron chi connectivity index (χ4n) is 2.00. The van der Waals surface area contributed by atoms with Crippen molar-refractivity contribution in [3.8, 4) is 22.4 Å². The Hall–Kier alpha value is -1.34. The number of rotatable bonds is 2. The van der Waals surface area contributed by atoms with Gasteiger partial charge in [0.25, 0.3) is 0 Å². The molecule has 0 fully saturated rings. The fourth-order valence-corrected chi connectivity index (χ4v) is 2.63. The van der Waals surface area contributed by atoms with Crippen LogP contribution in [0, 0.1) is 3.57 Å². The lowest BCUT2D eigenvalue weighted by Crippen LogP contribution is -1.87. The highest BCUT2D eigenvalue weighted by molar-refractivity contribution is 14.1. The highest BCUT2D eigenvalue weighted by atomic mass is 127. The zero-order valence-electron chi connectivity index (χ0n) is 10.3. The molecule has 0 aliphatic heterocycles. The number of nitrogen functional groups attached to an aromatic ring is 1. The van der Waals surface area contributed by atoms with Gasteiger partial charge in [-0.15, -0.1) is 0 Å². The second kappa shape index (κ2) is 5.57. The van der Waals surface area contributed by atoms with Crippen molar-refractivity contribution >= 4 is 44.4 Å². The molecule has 0 atom stereocenters. The molecular formula is C15H10BrIN2O. The minimum atomic E-state index is 0.334. The van der Waals surface area contributed by atoms with Crippen LogP contribution in [0.4, 0.5) is 5.88 Å². The summed E-state index contributed by atoms with van der Waals surface area (Å²) in [6.07, 6.45) is 0. The van der Waals surface area contributed by atoms with E-state index in [2.05, 4.69) is 43.7 Å². The van der Waals surface area contributed by atoms with E-state index in [1.807, 2.05) is 48.5 Å². The van der Waals surface area contributed by atoms with Crippen molar-refractivity contribution in [1.82, 2.24) is 5.16 Å². The molecule has 3 rings (SSSR count). The summed E-state index contributed by atoms with van der Waals surface area (Å²) in [4.78, 5) is 0. The molecule has 100 valence electrons. The number of benzene rings is 2. The smallest absolute Gasteiger partial charge is 0.230 e. The van der Waals surface area contributed by atoms with Crippen molar-refractivity contribution in [1.29, 1.82) is 0 Å². The van der Waals surface area contributed by atoms with Gasteiger partial charge in [0.05, 0.1) is 5.56 Å². The number of nitrogens with zero attached hydrogens (tertiary/aromatic N) is 1. The molecule has 0 radical (unpaired) electrons. The standard InChI is InChI=1S/C15H10BrIN2O/c16-11-5-1-9(2-6-11)13-14(19-20-15(13)18)10-3-7-12(17)8-4-10/h1-8H,18H2. The molecule has 3 aromatic rings. The molecule has 0 aliphatic rings. The number of halogens is 2. The van der Waals surface area contributed by atoms with Crippen LogP contribution < -0.4 is 5.73 Å². The van der Waals surface area contributed by atoms with Gasteiger partial charge in [0.2, 0.25) is 5.88 Å². The van der Waals surface area contributed by atoms with Crippen LogP contribution in [0.25, 0.3) is 22.4 Å². The monoisotopic (exact) mass is 440 g/mol. The molecule has 0 amide bonds. The third-order valence-electron chi connectivity index (χ3n) is 2.97. The van der Waals surface area contributed by atoms with E-state index in [1.165, 1.54) is 3.57 Å². The SMILES string of the molecule is Nc1onc(-c2ccc(I)cc2)c1-c1ccc(Br)cc1. The average molecular weight is 441 g/mol. The molecule has 0 aliphatic carbocycles. The minimum Gasteiger partial charge on any atom is -0.367 e. The maximum atomic E-state index is 5.94. The third kappa shape index (κ3) is 2.60. The number of aromatic nitrogens is 1. The molecule has 0 unspecified atom stereocenters. The predicted molar refractivity (Wildman–Crippen MR) is 92.2 cm³/mol. The maximum Gasteiger partial charge on any atom is 0.230 e. The molecule has 0 saturated carbocycles. The zero-order chi connectivity index (χ0) is 14.1. The van der Waals surface area contributed by atoms with Crippen LogP contribution in [0.3, 0.4) is 0 Å². The molecule has 5 heteroatoms. The van der Waals surface area contributed by atoms with Crippen LogP contribution >= 0.6 is 38.5 Å². The van der Waals surface area contributed by atoms with Gasteiger partial charge in [-0.25, -0.2) is 0 Å². The van der Waals surface area contributed by atoms with E-state index in [0.29, 0.717) is 5.88 Å². The summed E-state index contributed by atoms with van der Waals surface area (Å²) in [7, 11) is 0. The van der Waals surface area contributed by atoms with Crippen LogP contribution in [-0.2, 0) is 0 Å². The lowest BCUT2D eigenvalue weighted by Gasteiger charge is -2.03. The Morgan fingerprint density at radius 1 is 0.950 bits per heavy atom. The molecule has 2 N–H and O–H groups in total. The number of hydrogen-bond donors (Lipinski definition) is 1. The van der Waals surface area contributed by atoms with Crippen LogP contribution in [0.2, 0.25) is 0 Å². The Kier molecular flexibility index (Phi) is 3.80. The van der Waals surface area contributed by atoms with Gasteiger partial charge in [-0.3, -0.25) is 0 Å². The quantitative estimate of drug-likeness (QED) is 0.573. The van der Waals surface area contributed by atoms with Gasteiger partial charge >= 0.3 is 0 Å². The van der Waals surface area contributed by atoms with Gasteiger partial charge in [0.15, 0.2) is 0 Å². The first-order valence-electron chi connectivity index (χ1n) is 5.92. The Bertz CT molecular complexity index is 736. The third-order valence-corrected chi connectivity index (χ3v) is 4.22. The van der Waals surface area contributed by atoms with E-state index in [1.54, 1.807) is 0 Å². The van der Waals surface area contributed by atoms with Crippen LogP contribution in [-0.4, -0.2) is 5.16 Å². The van der Waals surface area contributed by atoms with Crippen LogP contribution in [0.15, 0.2) is 57.5 Å². The van der Waals surface area contributed by atoms with Crippen molar-refractivity contribution in [2.45, 2.75) is 0 Å². The normalized spacial score (nSPS) is 10.7. The second-order valence-electron chi connectivity index (χ2n) is 4.28. The fraction of sp³-hybridized carbons (Fsp3) is 0. The highest BCUT2D eigenvalue weighted by Gasteiger charge is 2.17. The summed E-state index contributed by atoms with van der Waals surface area (Å²) in [6.45, 7) is 0. The van der Waals surface area contributed by atoms with Gasteiger partial charge < -0.3 is 10.3 Å². The van der Waals surface area contributed by atoms with E-state index in [0.717, 1.165) is 26.9 Å². The summed E-state index contributed by atoms with van der Waals surface area (Å²) in [5, 5.41) is 4.10. The molecule has 0 saturated heterocycles. The largest absolute Gasteiger partial charge is 0.367 e. The van der Waals surface area contributed by atoms with Crippen molar-refractivity contribution in [3.05, 3.63) is 56.6 Å². The Morgan fingerprint density at radius 3 is 2.20 bits per heavy atom. The summed E-state index contributed by atoms with van der Waals surface area (Å²) in [5.41, 5.74) is 9.51. The minimum absolute atomic E-state index is 0.334. The first-order chi connectivity index (χ1) is 9.65. The van der Waals surface area contributed by atoms with Crippen LogP contribution in [0.1, 0.15) is 0 Å². The Morgan fingerprint density at radius 2 is 1.55 bits per heavy atom. The first-order valence-corrected chi connectivity index (χ1v) is 7.79. The van der Waals surface area contributed by atoms with E-state index >= 15 is 0 Å². The van der Waals surface area contributed by atoms with Crippen molar-refractivity contribution in [2.75, 3.05) is 5.73 Å². The molecule has 1 heterocycles. The van der Waals surface area contributed by atoms with Crippen molar-refractivity contribution in [2.24, 2.45) is 0 Å². The van der Waals surface area contributed by atoms with Crippen molar-refractivity contribution < 1.29 is 4.52 Å². The van der Waals surface area contributed by atoms with Crippen molar-refractivity contribution in [3.63, 3.8) is 0 Å². The summed E-state index contributed by atoms with van der Waals surface area (Å²) in [5.74, 6) is 0.334. The topological polar surface area (TPSA) is 52.0 Å². The Labute approximate surface area is 138 Å². The highest BCUT2D eigenvalue weighted by Crippen LogP contribution is 2.36. The Balaban J connectivity index is 2.14. The van der Waals surface area contributed by atoms with Gasteiger partial charge in [0, 0.05) is 13.6 Å². The molecular weight excluding hydrogens is 431 g/mol. The summed E-state index contributed by atoms with van der Waals surface area (Å²) in [6, 6.07) is 16.0. The van der Waals surface area contributed by atoms with Gasteiger partial charge in [0.1, 0.15) is 5.69 Å². The molecule has 0 spiro atoms. The maximum absolute atomic E-state index is 5.94. The number of hydrogen-bond acceptors (Lipinski definition) is 3. The lowest BCUT2D eigenvalue weighted by molar-refractivity contribution is 0.439. The first kappa shape index (κ1) is 13.6. The molecule has 2 aromatic carbocycles. The average Bonchev–Trinajstić information content (AvgIpc) is 2.83. The molecule has 20 heavy (non-hydrogen) atoms. The number of anilines is 1. The van der Waals surface area contributed by atoms with E-state index in [-0.39, 0.29) is 0 Å². The van der Waals surface area contributed by atoms with Gasteiger partial charge in [-0.1, -0.05) is 45.4 Å². The van der Waals surface area contributed by atoms with Gasteiger partial charge in [-0.2, -0.15) is 0 Å². The lowest BCUT2D eigenvalue weighted by atomic mass is 10.0. The van der Waals surface area contributed by atoms with Crippen LogP contribution in [0.5, 0.6) is 0 Å². The summed E-state index contributed by atoms with van der Waals surface area (Å²) < 4.78 is 7.37. The number of nitrogens with two attached hydrogens (primary N) is 1. The van der Waals surface area contributed by atoms with E-state index in [4.69, 9.17) is 10.3 Å². The molecule has 1 aromatic heterocycles. The second-order valence-corrected chi connectivity index (χ2v) is 6.45.